The molecule has 0 aromatic carbocycles. The molecule has 6 nitrogen and oxygen atoms in total. The van der Waals surface area contributed by atoms with E-state index in [1.165, 1.54) is 148 Å². The molecule has 0 aromatic heterocycles. The van der Waals surface area contributed by atoms with Gasteiger partial charge in [0.25, 0.3) is 0 Å². The van der Waals surface area contributed by atoms with Gasteiger partial charge in [-0.3, -0.25) is 9.59 Å². The highest BCUT2D eigenvalue weighted by atomic mass is 16.5. The van der Waals surface area contributed by atoms with Gasteiger partial charge in [0.2, 0.25) is 5.91 Å². The molecule has 6 heteroatoms. The fraction of sp³-hybridized carbons (Fsp3) is 0.840. The minimum atomic E-state index is -0.860. The van der Waals surface area contributed by atoms with Crippen molar-refractivity contribution in [3.05, 3.63) is 36.5 Å². The second-order valence-corrected chi connectivity index (χ2v) is 16.4. The molecule has 0 spiro atoms. The van der Waals surface area contributed by atoms with Crippen LogP contribution in [0.2, 0.25) is 0 Å². The fourth-order valence-electron chi connectivity index (χ4n) is 7.09. The molecule has 2 unspecified atom stereocenters. The first-order chi connectivity index (χ1) is 27.5. The molecule has 0 bridgehead atoms. The molecule has 3 N–H and O–H groups in total. The third-order valence-corrected chi connectivity index (χ3v) is 10.9. The number of hydrogen-bond acceptors (Lipinski definition) is 5. The van der Waals surface area contributed by atoms with Gasteiger partial charge in [0, 0.05) is 12.8 Å². The van der Waals surface area contributed by atoms with E-state index < -0.39 is 12.1 Å². The van der Waals surface area contributed by atoms with E-state index >= 15 is 0 Å². The summed E-state index contributed by atoms with van der Waals surface area (Å²) in [5.74, 6) is -0.124. The van der Waals surface area contributed by atoms with Gasteiger partial charge in [-0.2, -0.15) is 0 Å². The highest BCUT2D eigenvalue weighted by Gasteiger charge is 2.18. The molecule has 0 radical (unpaired) electrons. The summed E-state index contributed by atoms with van der Waals surface area (Å²) in [7, 11) is 0. The molecule has 0 aliphatic heterocycles. The number of carbonyl (C=O) groups excluding carboxylic acids is 2. The molecule has 0 aliphatic carbocycles. The van der Waals surface area contributed by atoms with E-state index in [2.05, 4.69) is 43.5 Å². The van der Waals surface area contributed by atoms with Crippen LogP contribution in [0, 0.1) is 0 Å². The van der Waals surface area contributed by atoms with Crippen molar-refractivity contribution in [2.45, 2.75) is 257 Å². The smallest absolute Gasteiger partial charge is 0.305 e. The van der Waals surface area contributed by atoms with Gasteiger partial charge in [0.05, 0.1) is 25.4 Å². The summed E-state index contributed by atoms with van der Waals surface area (Å²) < 4.78 is 5.44. The van der Waals surface area contributed by atoms with Crippen LogP contribution in [0.4, 0.5) is 0 Å². The van der Waals surface area contributed by atoms with Crippen molar-refractivity contribution in [1.82, 2.24) is 5.32 Å². The first-order valence-corrected chi connectivity index (χ1v) is 24.3. The van der Waals surface area contributed by atoms with E-state index in [0.29, 0.717) is 19.4 Å². The van der Waals surface area contributed by atoms with Gasteiger partial charge in [0.15, 0.2) is 0 Å². The molecule has 0 saturated heterocycles. The van der Waals surface area contributed by atoms with Crippen molar-refractivity contribution in [3.8, 4) is 0 Å². The lowest BCUT2D eigenvalue weighted by Gasteiger charge is -2.19. The average Bonchev–Trinajstić information content (AvgIpc) is 3.20. The Morgan fingerprint density at radius 3 is 1.29 bits per heavy atom. The topological polar surface area (TPSA) is 95.9 Å². The second kappa shape index (κ2) is 45.8. The van der Waals surface area contributed by atoms with Gasteiger partial charge in [-0.15, -0.1) is 0 Å². The van der Waals surface area contributed by atoms with Crippen molar-refractivity contribution < 1.29 is 24.5 Å². The van der Waals surface area contributed by atoms with E-state index in [-0.39, 0.29) is 18.5 Å². The Balaban J connectivity index is 3.54. The maximum absolute atomic E-state index is 12.4. The molecular formula is C50H93NO5. The lowest BCUT2D eigenvalue weighted by molar-refractivity contribution is -0.143. The van der Waals surface area contributed by atoms with Gasteiger partial charge in [-0.25, -0.2) is 0 Å². The quantitative estimate of drug-likeness (QED) is 0.0325. The standard InChI is InChI=1S/C50H93NO5/c1-3-5-7-9-11-13-15-17-20-24-28-32-36-40-44-50(55)56-45-41-37-33-29-25-21-18-19-23-27-31-35-39-43-49(54)51-47(46-52)48(53)42-38-34-30-26-22-16-14-12-10-8-6-4-2/h15,17,19,23,38,42,47-48,52-53H,3-14,16,18,20-22,24-37,39-41,43-46H2,1-2H3,(H,51,54)/b17-15-,23-19-,42-38+. The predicted molar refractivity (Wildman–Crippen MR) is 241 cm³/mol. The van der Waals surface area contributed by atoms with E-state index in [9.17, 15) is 19.8 Å². The van der Waals surface area contributed by atoms with E-state index in [1.807, 2.05) is 6.08 Å². The third-order valence-electron chi connectivity index (χ3n) is 10.9. The van der Waals surface area contributed by atoms with Crippen LogP contribution in [0.5, 0.6) is 0 Å². The zero-order valence-corrected chi connectivity index (χ0v) is 37.1. The Bertz CT molecular complexity index is 915. The third kappa shape index (κ3) is 41.7. The molecular weight excluding hydrogens is 695 g/mol. The average molecular weight is 788 g/mol. The van der Waals surface area contributed by atoms with Crippen molar-refractivity contribution in [1.29, 1.82) is 0 Å². The number of hydrogen-bond donors (Lipinski definition) is 3. The van der Waals surface area contributed by atoms with Crippen LogP contribution in [0.3, 0.4) is 0 Å². The molecule has 0 rings (SSSR count). The zero-order chi connectivity index (χ0) is 40.8. The first kappa shape index (κ1) is 54.1. The number of allylic oxidation sites excluding steroid dienone is 5. The van der Waals surface area contributed by atoms with E-state index in [1.54, 1.807) is 6.08 Å². The lowest BCUT2D eigenvalue weighted by Crippen LogP contribution is -2.45. The molecule has 0 saturated carbocycles. The first-order valence-electron chi connectivity index (χ1n) is 24.3. The normalized spacial score (nSPS) is 13.0. The predicted octanol–water partition coefficient (Wildman–Crippen LogP) is 14.1. The van der Waals surface area contributed by atoms with Gasteiger partial charge < -0.3 is 20.3 Å². The number of aliphatic hydroxyl groups is 2. The molecule has 0 aliphatic rings. The van der Waals surface area contributed by atoms with Gasteiger partial charge in [-0.1, -0.05) is 185 Å². The van der Waals surface area contributed by atoms with Gasteiger partial charge in [0.1, 0.15) is 0 Å². The maximum Gasteiger partial charge on any atom is 0.305 e. The van der Waals surface area contributed by atoms with Gasteiger partial charge in [-0.05, 0) is 83.5 Å². The number of rotatable bonds is 44. The highest BCUT2D eigenvalue weighted by Crippen LogP contribution is 2.14. The molecule has 0 aromatic rings. The fourth-order valence-corrected chi connectivity index (χ4v) is 7.09. The molecule has 2 atom stereocenters. The van der Waals surface area contributed by atoms with Crippen LogP contribution >= 0.6 is 0 Å². The monoisotopic (exact) mass is 788 g/mol. The second-order valence-electron chi connectivity index (χ2n) is 16.4. The molecule has 56 heavy (non-hydrogen) atoms. The SMILES string of the molecule is CCCCCCC/C=C\CCCCCCCC(=O)OCCCCCCCC/C=C\CCCCCC(=O)NC(CO)C(O)/C=C/CCCCCCCCCCCC. The summed E-state index contributed by atoms with van der Waals surface area (Å²) in [6.45, 7) is 4.82. The Morgan fingerprint density at radius 1 is 0.482 bits per heavy atom. The van der Waals surface area contributed by atoms with E-state index in [0.717, 1.165) is 70.6 Å². The number of ether oxygens (including phenoxy) is 1. The van der Waals surface area contributed by atoms with Crippen LogP contribution in [-0.4, -0.2) is 47.4 Å². The Kier molecular flexibility index (Phi) is 44.2. The van der Waals surface area contributed by atoms with Crippen molar-refractivity contribution in [3.63, 3.8) is 0 Å². The molecule has 0 fully saturated rings. The highest BCUT2D eigenvalue weighted by molar-refractivity contribution is 5.76. The molecule has 0 heterocycles. The zero-order valence-electron chi connectivity index (χ0n) is 37.1. The maximum atomic E-state index is 12.4. The molecule has 328 valence electrons. The number of unbranched alkanes of at least 4 members (excludes halogenated alkanes) is 29. The Labute approximate surface area is 347 Å². The van der Waals surface area contributed by atoms with Crippen molar-refractivity contribution in [2.24, 2.45) is 0 Å². The van der Waals surface area contributed by atoms with Gasteiger partial charge >= 0.3 is 5.97 Å². The Morgan fingerprint density at radius 2 is 0.839 bits per heavy atom. The van der Waals surface area contributed by atoms with Crippen molar-refractivity contribution in [2.75, 3.05) is 13.2 Å². The number of esters is 1. The Hall–Kier alpha value is -1.92. The summed E-state index contributed by atoms with van der Waals surface area (Å²) in [6, 6.07) is -0.647. The minimum absolute atomic E-state index is 0.0236. The number of amides is 1. The number of aliphatic hydroxyl groups excluding tert-OH is 2. The summed E-state index contributed by atoms with van der Waals surface area (Å²) in [5.41, 5.74) is 0. The van der Waals surface area contributed by atoms with Crippen molar-refractivity contribution >= 4 is 11.9 Å². The van der Waals surface area contributed by atoms with Crippen LogP contribution < -0.4 is 5.32 Å². The van der Waals surface area contributed by atoms with Crippen LogP contribution in [0.1, 0.15) is 245 Å². The van der Waals surface area contributed by atoms with E-state index in [4.69, 9.17) is 4.74 Å². The number of carbonyl (C=O) groups is 2. The largest absolute Gasteiger partial charge is 0.466 e. The van der Waals surface area contributed by atoms with Crippen LogP contribution in [0.25, 0.3) is 0 Å². The number of nitrogens with one attached hydrogen (secondary N) is 1. The van der Waals surface area contributed by atoms with Crippen LogP contribution in [-0.2, 0) is 14.3 Å². The lowest BCUT2D eigenvalue weighted by atomic mass is 10.1. The summed E-state index contributed by atoms with van der Waals surface area (Å²) >= 11 is 0. The summed E-state index contributed by atoms with van der Waals surface area (Å²) in [6.07, 6.45) is 54.2. The summed E-state index contributed by atoms with van der Waals surface area (Å²) in [5, 5.41) is 22.9. The minimum Gasteiger partial charge on any atom is -0.466 e. The summed E-state index contributed by atoms with van der Waals surface area (Å²) in [4.78, 5) is 24.4. The van der Waals surface area contributed by atoms with Crippen LogP contribution in [0.15, 0.2) is 36.5 Å². The molecule has 1 amide bonds.